The molecule has 92 valence electrons. The zero-order valence-electron chi connectivity index (χ0n) is 9.11. The van der Waals surface area contributed by atoms with Gasteiger partial charge < -0.3 is 15.9 Å². The van der Waals surface area contributed by atoms with Gasteiger partial charge in [0.25, 0.3) is 0 Å². The van der Waals surface area contributed by atoms with Crippen molar-refractivity contribution < 1.29 is 24.2 Å². The fraction of sp³-hybridized carbons (Fsp3) is 0.273. The first kappa shape index (κ1) is 13.0. The molecule has 0 aliphatic heterocycles. The highest BCUT2D eigenvalue weighted by atomic mass is 19.1. The third-order valence-electron chi connectivity index (χ3n) is 2.56. The lowest BCUT2D eigenvalue weighted by Crippen LogP contribution is -2.35. The van der Waals surface area contributed by atoms with E-state index in [2.05, 4.69) is 0 Å². The average Bonchev–Trinajstić information content (AvgIpc) is 2.15. The lowest BCUT2D eigenvalue weighted by atomic mass is 9.79. The van der Waals surface area contributed by atoms with E-state index in [0.717, 1.165) is 13.0 Å². The number of carbonyl (C=O) groups is 2. The van der Waals surface area contributed by atoms with Crippen molar-refractivity contribution in [1.29, 1.82) is 0 Å². The highest BCUT2D eigenvalue weighted by Crippen LogP contribution is 2.31. The number of benzene rings is 1. The average molecular weight is 241 g/mol. The maximum absolute atomic E-state index is 13.6. The summed E-state index contributed by atoms with van der Waals surface area (Å²) in [6.45, 7) is 1.16. The first-order chi connectivity index (χ1) is 7.77. The predicted molar refractivity (Wildman–Crippen MR) is 58.1 cm³/mol. The van der Waals surface area contributed by atoms with Crippen molar-refractivity contribution in [2.45, 2.75) is 18.8 Å². The summed E-state index contributed by atoms with van der Waals surface area (Å²) in [7, 11) is 0. The number of nitrogen functional groups attached to an aromatic ring is 1. The van der Waals surface area contributed by atoms with Crippen molar-refractivity contribution in [3.8, 4) is 0 Å². The molecule has 0 radical (unpaired) electrons. The normalized spacial score (nSPS) is 14.0. The Labute approximate surface area is 96.7 Å². The summed E-state index contributed by atoms with van der Waals surface area (Å²) >= 11 is 0. The summed E-state index contributed by atoms with van der Waals surface area (Å²) in [5.41, 5.74) is 3.48. The quantitative estimate of drug-likeness (QED) is 0.688. The van der Waals surface area contributed by atoms with E-state index >= 15 is 0 Å². The lowest BCUT2D eigenvalue weighted by molar-refractivity contribution is -0.149. The molecule has 6 heteroatoms. The van der Waals surface area contributed by atoms with Gasteiger partial charge in [-0.1, -0.05) is 6.07 Å². The maximum Gasteiger partial charge on any atom is 0.314 e. The summed E-state index contributed by atoms with van der Waals surface area (Å²) in [4.78, 5) is 21.8. The minimum atomic E-state index is -1.82. The second-order valence-electron chi connectivity index (χ2n) is 3.95. The second kappa shape index (κ2) is 4.40. The molecule has 1 aromatic rings. The molecule has 0 aromatic heterocycles. The van der Waals surface area contributed by atoms with E-state index in [1.54, 1.807) is 0 Å². The van der Waals surface area contributed by atoms with Crippen molar-refractivity contribution in [1.82, 2.24) is 0 Å². The molecule has 1 aromatic carbocycles. The molecule has 5 nitrogen and oxygen atoms in total. The molecule has 0 saturated heterocycles. The van der Waals surface area contributed by atoms with Crippen LogP contribution in [0.5, 0.6) is 0 Å². The van der Waals surface area contributed by atoms with Crippen LogP contribution in [0.2, 0.25) is 0 Å². The summed E-state index contributed by atoms with van der Waals surface area (Å²) in [5.74, 6) is -3.54. The van der Waals surface area contributed by atoms with Crippen LogP contribution in [0.3, 0.4) is 0 Å². The molecular weight excluding hydrogens is 229 g/mol. The molecule has 17 heavy (non-hydrogen) atoms. The van der Waals surface area contributed by atoms with E-state index in [9.17, 15) is 14.0 Å². The van der Waals surface area contributed by atoms with Crippen molar-refractivity contribution in [2.75, 3.05) is 5.73 Å². The van der Waals surface area contributed by atoms with Gasteiger partial charge in [-0.05, 0) is 19.1 Å². The molecule has 1 rings (SSSR count). The van der Waals surface area contributed by atoms with Crippen LogP contribution in [0, 0.1) is 5.82 Å². The van der Waals surface area contributed by atoms with Gasteiger partial charge in [-0.2, -0.15) is 0 Å². The molecule has 1 unspecified atom stereocenters. The van der Waals surface area contributed by atoms with Gasteiger partial charge in [0, 0.05) is 11.3 Å². The van der Waals surface area contributed by atoms with E-state index < -0.39 is 29.6 Å². The minimum Gasteiger partial charge on any atom is -0.481 e. The fourth-order valence-electron chi connectivity index (χ4n) is 1.57. The first-order valence-corrected chi connectivity index (χ1v) is 4.78. The zero-order valence-corrected chi connectivity index (χ0v) is 9.11. The Kier molecular flexibility index (Phi) is 3.36. The van der Waals surface area contributed by atoms with Gasteiger partial charge in [-0.15, -0.1) is 0 Å². The number of rotatable bonds is 4. The highest BCUT2D eigenvalue weighted by molar-refractivity contribution is 5.86. The molecule has 4 N–H and O–H groups in total. The smallest absolute Gasteiger partial charge is 0.314 e. The Hall–Kier alpha value is -2.11. The summed E-state index contributed by atoms with van der Waals surface area (Å²) < 4.78 is 13.6. The molecule has 0 bridgehead atoms. The SMILES string of the molecule is CC(CC(=O)O)(C(=O)O)c1ccc(N)cc1F. The van der Waals surface area contributed by atoms with Crippen LogP contribution in [-0.2, 0) is 15.0 Å². The Balaban J connectivity index is 3.32. The van der Waals surface area contributed by atoms with Gasteiger partial charge in [0.05, 0.1) is 6.42 Å². The Bertz CT molecular complexity index is 475. The number of carboxylic acid groups (broad SMARTS) is 2. The third kappa shape index (κ3) is 2.52. The molecule has 0 heterocycles. The van der Waals surface area contributed by atoms with Crippen LogP contribution in [0.25, 0.3) is 0 Å². The largest absolute Gasteiger partial charge is 0.481 e. The Morgan fingerprint density at radius 3 is 2.41 bits per heavy atom. The van der Waals surface area contributed by atoms with Gasteiger partial charge in [0.2, 0.25) is 0 Å². The van der Waals surface area contributed by atoms with Crippen molar-refractivity contribution in [3.05, 3.63) is 29.6 Å². The summed E-state index contributed by atoms with van der Waals surface area (Å²) in [6.07, 6.45) is -0.705. The number of aliphatic carboxylic acids is 2. The van der Waals surface area contributed by atoms with E-state index in [4.69, 9.17) is 15.9 Å². The molecule has 0 aliphatic carbocycles. The standard InChI is InChI=1S/C11H12FNO4/c1-11(10(16)17,5-9(14)15)7-3-2-6(13)4-8(7)12/h2-4H,5,13H2,1H3,(H,14,15)(H,16,17). The van der Waals surface area contributed by atoms with E-state index in [-0.39, 0.29) is 11.3 Å². The molecule has 1 atom stereocenters. The number of hydrogen-bond acceptors (Lipinski definition) is 3. The van der Waals surface area contributed by atoms with E-state index in [0.29, 0.717) is 0 Å². The maximum atomic E-state index is 13.6. The third-order valence-corrected chi connectivity index (χ3v) is 2.56. The van der Waals surface area contributed by atoms with Crippen molar-refractivity contribution in [3.63, 3.8) is 0 Å². The van der Waals surface area contributed by atoms with Crippen LogP contribution in [0.4, 0.5) is 10.1 Å². The van der Waals surface area contributed by atoms with E-state index in [1.165, 1.54) is 12.1 Å². The second-order valence-corrected chi connectivity index (χ2v) is 3.95. The van der Waals surface area contributed by atoms with Gasteiger partial charge in [-0.25, -0.2) is 4.39 Å². The van der Waals surface area contributed by atoms with Crippen LogP contribution >= 0.6 is 0 Å². The van der Waals surface area contributed by atoms with Gasteiger partial charge in [0.15, 0.2) is 0 Å². The number of carboxylic acids is 2. The molecule has 0 spiro atoms. The van der Waals surface area contributed by atoms with Crippen LogP contribution in [0.1, 0.15) is 18.9 Å². The number of halogens is 1. The molecule has 0 aliphatic rings. The van der Waals surface area contributed by atoms with Crippen molar-refractivity contribution in [2.24, 2.45) is 0 Å². The molecule has 0 saturated carbocycles. The highest BCUT2D eigenvalue weighted by Gasteiger charge is 2.39. The fourth-order valence-corrected chi connectivity index (χ4v) is 1.57. The Morgan fingerprint density at radius 1 is 1.41 bits per heavy atom. The van der Waals surface area contributed by atoms with Gasteiger partial charge >= 0.3 is 11.9 Å². The Morgan fingerprint density at radius 2 is 2.00 bits per heavy atom. The van der Waals surface area contributed by atoms with Crippen molar-refractivity contribution >= 4 is 17.6 Å². The lowest BCUT2D eigenvalue weighted by Gasteiger charge is -2.23. The van der Waals surface area contributed by atoms with Gasteiger partial charge in [0.1, 0.15) is 11.2 Å². The zero-order chi connectivity index (χ0) is 13.2. The monoisotopic (exact) mass is 241 g/mol. The number of nitrogens with two attached hydrogens (primary N) is 1. The predicted octanol–water partition coefficient (Wildman–Crippen LogP) is 1.22. The number of hydrogen-bond donors (Lipinski definition) is 3. The summed E-state index contributed by atoms with van der Waals surface area (Å²) in [5, 5.41) is 17.8. The molecule has 0 amide bonds. The molecular formula is C11H12FNO4. The van der Waals surface area contributed by atoms with Crippen LogP contribution in [-0.4, -0.2) is 22.2 Å². The van der Waals surface area contributed by atoms with Gasteiger partial charge in [-0.3, -0.25) is 9.59 Å². The number of anilines is 1. The first-order valence-electron chi connectivity index (χ1n) is 4.78. The van der Waals surface area contributed by atoms with E-state index in [1.807, 2.05) is 0 Å². The van der Waals surface area contributed by atoms with Crippen LogP contribution in [0.15, 0.2) is 18.2 Å². The molecule has 0 fully saturated rings. The van der Waals surface area contributed by atoms with Crippen LogP contribution < -0.4 is 5.73 Å². The minimum absolute atomic E-state index is 0.148. The topological polar surface area (TPSA) is 101 Å². The summed E-state index contributed by atoms with van der Waals surface area (Å²) in [6, 6.07) is 3.50.